The molecular weight excluding hydrogens is 220 g/mol. The Morgan fingerprint density at radius 3 is 2.82 bits per heavy atom. The van der Waals surface area contributed by atoms with Crippen LogP contribution in [0.1, 0.15) is 11.1 Å². The van der Waals surface area contributed by atoms with Gasteiger partial charge in [0.2, 0.25) is 0 Å². The number of aromatic nitrogens is 2. The lowest BCUT2D eigenvalue weighted by atomic mass is 10.2. The molecule has 0 radical (unpaired) electrons. The quantitative estimate of drug-likeness (QED) is 0.580. The molecule has 17 heavy (non-hydrogen) atoms. The third-order valence-corrected chi connectivity index (χ3v) is 2.27. The van der Waals surface area contributed by atoms with Gasteiger partial charge in [-0.15, -0.1) is 0 Å². The number of nitriles is 1. The zero-order chi connectivity index (χ0) is 12.4. The molecule has 0 aliphatic carbocycles. The van der Waals surface area contributed by atoms with Crippen LogP contribution in [0.5, 0.6) is 0 Å². The predicted octanol–water partition coefficient (Wildman–Crippen LogP) is 1.96. The van der Waals surface area contributed by atoms with E-state index >= 15 is 0 Å². The van der Waals surface area contributed by atoms with Gasteiger partial charge in [0.15, 0.2) is 0 Å². The molecule has 2 rings (SSSR count). The number of nitrogens with zero attached hydrogens (tertiary/aromatic N) is 4. The number of rotatable bonds is 2. The number of nitro benzene ring substituents is 1. The third kappa shape index (κ3) is 1.99. The van der Waals surface area contributed by atoms with Crippen molar-refractivity contribution in [2.75, 3.05) is 0 Å². The van der Waals surface area contributed by atoms with Gasteiger partial charge < -0.3 is 0 Å². The maximum absolute atomic E-state index is 10.7. The lowest BCUT2D eigenvalue weighted by Crippen LogP contribution is -1.98. The van der Waals surface area contributed by atoms with Crippen molar-refractivity contribution in [1.29, 1.82) is 5.26 Å². The van der Waals surface area contributed by atoms with Crippen LogP contribution in [0.15, 0.2) is 30.6 Å². The Bertz CT molecular complexity index is 625. The minimum absolute atomic E-state index is 0.0284. The monoisotopic (exact) mass is 228 g/mol. The van der Waals surface area contributed by atoms with Crippen molar-refractivity contribution in [2.45, 2.75) is 6.92 Å². The molecular formula is C11H8N4O2. The van der Waals surface area contributed by atoms with Gasteiger partial charge in [0.1, 0.15) is 11.6 Å². The van der Waals surface area contributed by atoms with E-state index in [2.05, 4.69) is 5.10 Å². The van der Waals surface area contributed by atoms with Crippen molar-refractivity contribution in [3.05, 3.63) is 51.8 Å². The summed E-state index contributed by atoms with van der Waals surface area (Å²) in [7, 11) is 0. The fraction of sp³-hybridized carbons (Fsp3) is 0.0909. The zero-order valence-electron chi connectivity index (χ0n) is 8.99. The number of benzene rings is 1. The lowest BCUT2D eigenvalue weighted by Gasteiger charge is -2.01. The molecule has 0 aliphatic rings. The Morgan fingerprint density at radius 2 is 2.29 bits per heavy atom. The second-order valence-corrected chi connectivity index (χ2v) is 3.53. The Labute approximate surface area is 96.9 Å². The van der Waals surface area contributed by atoms with Crippen LogP contribution in [-0.2, 0) is 0 Å². The number of nitro groups is 1. The molecule has 0 amide bonds. The SMILES string of the molecule is Cc1cnn(-c2ccc([N+](=O)[O-])c(C#N)c2)c1. The number of aryl methyl sites for hydroxylation is 1. The smallest absolute Gasteiger partial charge is 0.258 e. The van der Waals surface area contributed by atoms with Crippen molar-refractivity contribution >= 4 is 5.69 Å². The summed E-state index contributed by atoms with van der Waals surface area (Å²) in [5, 5.41) is 23.6. The highest BCUT2D eigenvalue weighted by atomic mass is 16.6. The third-order valence-electron chi connectivity index (χ3n) is 2.27. The van der Waals surface area contributed by atoms with Crippen LogP contribution in [0.3, 0.4) is 0 Å². The van der Waals surface area contributed by atoms with Gasteiger partial charge >= 0.3 is 0 Å². The first kappa shape index (κ1) is 10.8. The van der Waals surface area contributed by atoms with Gasteiger partial charge in [-0.2, -0.15) is 10.4 Å². The van der Waals surface area contributed by atoms with E-state index in [0.717, 1.165) is 5.56 Å². The molecule has 84 valence electrons. The first-order valence-corrected chi connectivity index (χ1v) is 4.82. The second kappa shape index (κ2) is 4.06. The van der Waals surface area contributed by atoms with Crippen LogP contribution in [0, 0.1) is 28.4 Å². The maximum Gasteiger partial charge on any atom is 0.287 e. The minimum atomic E-state index is -0.573. The Hall–Kier alpha value is -2.68. The Balaban J connectivity index is 2.53. The fourth-order valence-electron chi connectivity index (χ4n) is 1.47. The summed E-state index contributed by atoms with van der Waals surface area (Å²) in [4.78, 5) is 10.1. The van der Waals surface area contributed by atoms with E-state index in [1.54, 1.807) is 23.1 Å². The van der Waals surface area contributed by atoms with Crippen molar-refractivity contribution in [1.82, 2.24) is 9.78 Å². The molecule has 0 N–H and O–H groups in total. The van der Waals surface area contributed by atoms with Crippen LogP contribution >= 0.6 is 0 Å². The summed E-state index contributed by atoms with van der Waals surface area (Å²) in [6.45, 7) is 1.89. The Morgan fingerprint density at radius 1 is 1.53 bits per heavy atom. The van der Waals surface area contributed by atoms with E-state index in [9.17, 15) is 10.1 Å². The highest BCUT2D eigenvalue weighted by Crippen LogP contribution is 2.20. The molecule has 0 unspecified atom stereocenters. The normalized spacial score (nSPS) is 9.88. The molecule has 6 nitrogen and oxygen atoms in total. The number of hydrogen-bond acceptors (Lipinski definition) is 4. The van der Waals surface area contributed by atoms with Gasteiger partial charge in [0.25, 0.3) is 5.69 Å². The Kier molecular flexibility index (Phi) is 2.58. The van der Waals surface area contributed by atoms with Crippen LogP contribution < -0.4 is 0 Å². The molecule has 0 saturated carbocycles. The van der Waals surface area contributed by atoms with Crippen LogP contribution in [0.2, 0.25) is 0 Å². The van der Waals surface area contributed by atoms with E-state index in [-0.39, 0.29) is 11.3 Å². The fourth-order valence-corrected chi connectivity index (χ4v) is 1.47. The largest absolute Gasteiger partial charge is 0.287 e. The lowest BCUT2D eigenvalue weighted by molar-refractivity contribution is -0.385. The van der Waals surface area contributed by atoms with E-state index in [1.807, 2.05) is 13.0 Å². The summed E-state index contributed by atoms with van der Waals surface area (Å²) in [5.41, 5.74) is 1.43. The van der Waals surface area contributed by atoms with Gasteiger partial charge in [-0.25, -0.2) is 4.68 Å². The van der Waals surface area contributed by atoms with E-state index < -0.39 is 4.92 Å². The first-order valence-electron chi connectivity index (χ1n) is 4.82. The van der Waals surface area contributed by atoms with Gasteiger partial charge in [-0.3, -0.25) is 10.1 Å². The topological polar surface area (TPSA) is 84.8 Å². The highest BCUT2D eigenvalue weighted by Gasteiger charge is 2.14. The standard InChI is InChI=1S/C11H8N4O2/c1-8-6-13-14(7-8)10-2-3-11(15(16)17)9(4-10)5-12/h2-4,6-7H,1H3. The molecule has 1 heterocycles. The summed E-state index contributed by atoms with van der Waals surface area (Å²) in [6, 6.07) is 6.13. The summed E-state index contributed by atoms with van der Waals surface area (Å²) in [6.07, 6.45) is 3.45. The van der Waals surface area contributed by atoms with E-state index in [4.69, 9.17) is 5.26 Å². The molecule has 0 bridgehead atoms. The molecule has 0 saturated heterocycles. The predicted molar refractivity (Wildman–Crippen MR) is 59.7 cm³/mol. The number of hydrogen-bond donors (Lipinski definition) is 0. The van der Waals surface area contributed by atoms with Gasteiger partial charge in [-0.05, 0) is 24.6 Å². The highest BCUT2D eigenvalue weighted by molar-refractivity contribution is 5.54. The summed E-state index contributed by atoms with van der Waals surface area (Å²) in [5.74, 6) is 0. The summed E-state index contributed by atoms with van der Waals surface area (Å²) >= 11 is 0. The second-order valence-electron chi connectivity index (χ2n) is 3.53. The minimum Gasteiger partial charge on any atom is -0.258 e. The first-order chi connectivity index (χ1) is 8.11. The van der Waals surface area contributed by atoms with Crippen LogP contribution in [0.4, 0.5) is 5.69 Å². The maximum atomic E-state index is 10.7. The van der Waals surface area contributed by atoms with Crippen molar-refractivity contribution in [3.8, 4) is 11.8 Å². The molecule has 2 aromatic rings. The van der Waals surface area contributed by atoms with Crippen molar-refractivity contribution in [2.24, 2.45) is 0 Å². The van der Waals surface area contributed by atoms with E-state index in [0.29, 0.717) is 5.69 Å². The van der Waals surface area contributed by atoms with Gasteiger partial charge in [0.05, 0.1) is 16.8 Å². The zero-order valence-corrected chi connectivity index (χ0v) is 8.99. The van der Waals surface area contributed by atoms with Gasteiger partial charge in [0, 0.05) is 12.3 Å². The average Bonchev–Trinajstić information content (AvgIpc) is 2.75. The van der Waals surface area contributed by atoms with E-state index in [1.165, 1.54) is 12.1 Å². The van der Waals surface area contributed by atoms with Crippen LogP contribution in [-0.4, -0.2) is 14.7 Å². The molecule has 0 fully saturated rings. The molecule has 0 aliphatic heterocycles. The molecule has 0 atom stereocenters. The molecule has 1 aromatic heterocycles. The summed E-state index contributed by atoms with van der Waals surface area (Å²) < 4.78 is 1.57. The van der Waals surface area contributed by atoms with Crippen molar-refractivity contribution in [3.63, 3.8) is 0 Å². The van der Waals surface area contributed by atoms with Gasteiger partial charge in [-0.1, -0.05) is 0 Å². The average molecular weight is 228 g/mol. The molecule has 6 heteroatoms. The van der Waals surface area contributed by atoms with Crippen LogP contribution in [0.25, 0.3) is 5.69 Å². The molecule has 0 spiro atoms. The van der Waals surface area contributed by atoms with Crippen molar-refractivity contribution < 1.29 is 4.92 Å². The molecule has 1 aromatic carbocycles.